The molecule has 2 N–H and O–H groups in total. The summed E-state index contributed by atoms with van der Waals surface area (Å²) in [4.78, 5) is 27.1. The second kappa shape index (κ2) is 8.35. The minimum absolute atomic E-state index is 0.0419. The van der Waals surface area contributed by atoms with Crippen LogP contribution < -0.4 is 5.32 Å². The SMILES string of the molecule is CC(C)(C)OC(=O)C(Cc1ccc(O)cc1)NC(=O)c1ccc(C(C)(C)C)s1. The summed E-state index contributed by atoms with van der Waals surface area (Å²) < 4.78 is 5.49. The molecule has 0 spiro atoms. The van der Waals surface area contributed by atoms with Crippen LogP contribution in [0.2, 0.25) is 0 Å². The van der Waals surface area contributed by atoms with E-state index in [-0.39, 0.29) is 23.5 Å². The first-order valence-electron chi connectivity index (χ1n) is 9.27. The van der Waals surface area contributed by atoms with E-state index in [0.29, 0.717) is 4.88 Å². The highest BCUT2D eigenvalue weighted by Gasteiger charge is 2.28. The first-order chi connectivity index (χ1) is 12.8. The molecule has 6 heteroatoms. The van der Waals surface area contributed by atoms with Crippen LogP contribution in [-0.4, -0.2) is 28.6 Å². The van der Waals surface area contributed by atoms with Gasteiger partial charge in [-0.1, -0.05) is 32.9 Å². The van der Waals surface area contributed by atoms with Crippen molar-refractivity contribution in [2.24, 2.45) is 0 Å². The molecular formula is C22H29NO4S. The maximum Gasteiger partial charge on any atom is 0.329 e. The van der Waals surface area contributed by atoms with Crippen LogP contribution in [0.3, 0.4) is 0 Å². The smallest absolute Gasteiger partial charge is 0.329 e. The van der Waals surface area contributed by atoms with Crippen LogP contribution in [0.25, 0.3) is 0 Å². The summed E-state index contributed by atoms with van der Waals surface area (Å²) in [6.07, 6.45) is 0.276. The van der Waals surface area contributed by atoms with Gasteiger partial charge in [-0.3, -0.25) is 4.79 Å². The number of nitrogens with one attached hydrogen (secondary N) is 1. The molecule has 0 saturated carbocycles. The fraction of sp³-hybridized carbons (Fsp3) is 0.455. The van der Waals surface area contributed by atoms with Crippen molar-refractivity contribution in [3.63, 3.8) is 0 Å². The molecule has 1 unspecified atom stereocenters. The van der Waals surface area contributed by atoms with E-state index >= 15 is 0 Å². The number of rotatable bonds is 5. The van der Waals surface area contributed by atoms with Crippen LogP contribution in [0, 0.1) is 0 Å². The van der Waals surface area contributed by atoms with Crippen LogP contribution in [0.5, 0.6) is 5.75 Å². The summed E-state index contributed by atoms with van der Waals surface area (Å²) in [6, 6.07) is 9.46. The van der Waals surface area contributed by atoms with E-state index in [2.05, 4.69) is 26.1 Å². The summed E-state index contributed by atoms with van der Waals surface area (Å²) in [7, 11) is 0. The number of phenols is 1. The number of hydrogen-bond donors (Lipinski definition) is 2. The monoisotopic (exact) mass is 403 g/mol. The first kappa shape index (κ1) is 22.0. The number of thiophene rings is 1. The predicted molar refractivity (Wildman–Crippen MR) is 112 cm³/mol. The Morgan fingerprint density at radius 1 is 1.04 bits per heavy atom. The molecule has 0 bridgehead atoms. The Morgan fingerprint density at radius 2 is 1.64 bits per heavy atom. The van der Waals surface area contributed by atoms with Gasteiger partial charge in [0.25, 0.3) is 5.91 Å². The number of carbonyl (C=O) groups is 2. The van der Waals surface area contributed by atoms with Crippen molar-refractivity contribution in [1.29, 1.82) is 0 Å². The molecule has 152 valence electrons. The van der Waals surface area contributed by atoms with E-state index in [1.54, 1.807) is 51.1 Å². The Bertz CT molecular complexity index is 825. The van der Waals surface area contributed by atoms with Crippen molar-refractivity contribution in [3.8, 4) is 5.75 Å². The summed E-state index contributed by atoms with van der Waals surface area (Å²) in [5.41, 5.74) is 0.118. The first-order valence-corrected chi connectivity index (χ1v) is 10.1. The molecule has 0 radical (unpaired) electrons. The molecule has 1 aromatic heterocycles. The highest BCUT2D eigenvalue weighted by atomic mass is 32.1. The second-order valence-electron chi connectivity index (χ2n) is 8.84. The Balaban J connectivity index is 2.20. The fourth-order valence-electron chi connectivity index (χ4n) is 2.53. The second-order valence-corrected chi connectivity index (χ2v) is 9.93. The third-order valence-electron chi connectivity index (χ3n) is 3.94. The van der Waals surface area contributed by atoms with Gasteiger partial charge in [-0.25, -0.2) is 4.79 Å². The van der Waals surface area contributed by atoms with Crippen LogP contribution in [-0.2, 0) is 21.4 Å². The fourth-order valence-corrected chi connectivity index (χ4v) is 3.49. The van der Waals surface area contributed by atoms with Crippen molar-refractivity contribution in [2.45, 2.75) is 65.0 Å². The number of benzene rings is 1. The Labute approximate surface area is 170 Å². The highest BCUT2D eigenvalue weighted by molar-refractivity contribution is 7.14. The molecule has 2 aromatic rings. The lowest BCUT2D eigenvalue weighted by Gasteiger charge is -2.24. The zero-order valence-electron chi connectivity index (χ0n) is 17.3. The van der Waals surface area contributed by atoms with Gasteiger partial charge in [0.2, 0.25) is 0 Å². The Kier molecular flexibility index (Phi) is 6.55. The molecule has 0 saturated heterocycles. The van der Waals surface area contributed by atoms with Gasteiger partial charge in [0.05, 0.1) is 4.88 Å². The lowest BCUT2D eigenvalue weighted by Crippen LogP contribution is -2.45. The Hall–Kier alpha value is -2.34. The highest BCUT2D eigenvalue weighted by Crippen LogP contribution is 2.29. The number of ether oxygens (including phenoxy) is 1. The van der Waals surface area contributed by atoms with Gasteiger partial charge in [0, 0.05) is 11.3 Å². The lowest BCUT2D eigenvalue weighted by molar-refractivity contribution is -0.157. The molecule has 0 aliphatic heterocycles. The normalized spacial score (nSPS) is 13.1. The maximum atomic E-state index is 12.8. The number of phenolic OH excluding ortho intramolecular Hbond substituents is 1. The summed E-state index contributed by atoms with van der Waals surface area (Å²) in [5.74, 6) is -0.633. The Morgan fingerprint density at radius 3 is 2.14 bits per heavy atom. The number of aromatic hydroxyl groups is 1. The van der Waals surface area contributed by atoms with Crippen molar-refractivity contribution in [2.75, 3.05) is 0 Å². The van der Waals surface area contributed by atoms with Crippen LogP contribution >= 0.6 is 11.3 Å². The lowest BCUT2D eigenvalue weighted by atomic mass is 9.95. The number of amides is 1. The van der Waals surface area contributed by atoms with E-state index in [1.807, 2.05) is 6.07 Å². The molecule has 0 aliphatic carbocycles. The molecule has 1 atom stereocenters. The van der Waals surface area contributed by atoms with Gasteiger partial charge in [-0.2, -0.15) is 0 Å². The van der Waals surface area contributed by atoms with Crippen molar-refractivity contribution in [1.82, 2.24) is 5.32 Å². The zero-order valence-corrected chi connectivity index (χ0v) is 18.1. The standard InChI is InChI=1S/C22H29NO4S/c1-21(2,3)18-12-11-17(28-18)19(25)23-16(20(26)27-22(4,5)6)13-14-7-9-15(24)10-8-14/h7-12,16,24H,13H2,1-6H3,(H,23,25). The topological polar surface area (TPSA) is 75.6 Å². The van der Waals surface area contributed by atoms with Crippen molar-refractivity contribution in [3.05, 3.63) is 51.7 Å². The number of carbonyl (C=O) groups excluding carboxylic acids is 2. The molecule has 2 rings (SSSR count). The quantitative estimate of drug-likeness (QED) is 0.724. The maximum absolute atomic E-state index is 12.8. The van der Waals surface area contributed by atoms with E-state index in [0.717, 1.165) is 10.4 Å². The zero-order chi connectivity index (χ0) is 21.1. The van der Waals surface area contributed by atoms with Gasteiger partial charge in [-0.15, -0.1) is 11.3 Å². The van der Waals surface area contributed by atoms with Gasteiger partial charge < -0.3 is 15.2 Å². The van der Waals surface area contributed by atoms with Gasteiger partial charge in [0.1, 0.15) is 17.4 Å². The molecule has 28 heavy (non-hydrogen) atoms. The minimum Gasteiger partial charge on any atom is -0.508 e. The molecule has 1 aromatic carbocycles. The molecule has 0 fully saturated rings. The third-order valence-corrected chi connectivity index (χ3v) is 5.45. The van der Waals surface area contributed by atoms with E-state index in [4.69, 9.17) is 4.74 Å². The largest absolute Gasteiger partial charge is 0.508 e. The molecule has 1 amide bonds. The average Bonchev–Trinajstić information content (AvgIpc) is 3.05. The van der Waals surface area contributed by atoms with Gasteiger partial charge in [-0.05, 0) is 56.0 Å². The average molecular weight is 404 g/mol. The van der Waals surface area contributed by atoms with Crippen LogP contribution in [0.1, 0.15) is 61.7 Å². The van der Waals surface area contributed by atoms with Gasteiger partial charge >= 0.3 is 5.97 Å². The molecule has 0 aliphatic rings. The molecule has 5 nitrogen and oxygen atoms in total. The third kappa shape index (κ3) is 6.37. The summed E-state index contributed by atoms with van der Waals surface area (Å²) in [5, 5.41) is 12.3. The van der Waals surface area contributed by atoms with Crippen molar-refractivity contribution < 1.29 is 19.4 Å². The summed E-state index contributed by atoms with van der Waals surface area (Å²) >= 11 is 1.43. The minimum atomic E-state index is -0.823. The van der Waals surface area contributed by atoms with E-state index < -0.39 is 17.6 Å². The van der Waals surface area contributed by atoms with E-state index in [1.165, 1.54) is 11.3 Å². The van der Waals surface area contributed by atoms with E-state index in [9.17, 15) is 14.7 Å². The van der Waals surface area contributed by atoms with Crippen molar-refractivity contribution >= 4 is 23.2 Å². The van der Waals surface area contributed by atoms with Crippen LogP contribution in [0.4, 0.5) is 0 Å². The summed E-state index contributed by atoms with van der Waals surface area (Å²) in [6.45, 7) is 11.6. The van der Waals surface area contributed by atoms with Crippen LogP contribution in [0.15, 0.2) is 36.4 Å². The molecule has 1 heterocycles. The molecular weight excluding hydrogens is 374 g/mol. The predicted octanol–water partition coefficient (Wildman–Crippen LogP) is 4.43. The number of esters is 1. The van der Waals surface area contributed by atoms with Gasteiger partial charge in [0.15, 0.2) is 0 Å². The number of hydrogen-bond acceptors (Lipinski definition) is 5.